The van der Waals surface area contributed by atoms with E-state index >= 15 is 0 Å². The van der Waals surface area contributed by atoms with Crippen LogP contribution in [0.5, 0.6) is 0 Å². The van der Waals surface area contributed by atoms with Crippen LogP contribution in [0.25, 0.3) is 10.2 Å². The van der Waals surface area contributed by atoms with Gasteiger partial charge < -0.3 is 4.57 Å². The molecule has 6 heteroatoms. The van der Waals surface area contributed by atoms with E-state index in [-0.39, 0.29) is 5.91 Å². The Hall–Kier alpha value is -1.37. The minimum atomic E-state index is -0.0430. The standard InChI is InChI=1S/C19H19BrN2OS2/c1-22-18-15(20)9-5-10-16(18)25-19(22)21-17(23)11-6-12-24-13-14-7-3-2-4-8-14/h2-5,7-10H,6,11-13H2,1H3. The van der Waals surface area contributed by atoms with Crippen molar-refractivity contribution in [2.75, 3.05) is 5.75 Å². The van der Waals surface area contributed by atoms with Crippen molar-refractivity contribution in [3.63, 3.8) is 0 Å². The number of rotatable bonds is 6. The molecule has 3 aromatic rings. The van der Waals surface area contributed by atoms with E-state index in [1.807, 2.05) is 41.6 Å². The molecular weight excluding hydrogens is 416 g/mol. The number of benzene rings is 2. The number of hydrogen-bond donors (Lipinski definition) is 0. The number of carbonyl (C=O) groups excluding carboxylic acids is 1. The maximum absolute atomic E-state index is 12.2. The van der Waals surface area contributed by atoms with Crippen molar-refractivity contribution < 1.29 is 4.79 Å². The Morgan fingerprint density at radius 3 is 2.76 bits per heavy atom. The summed E-state index contributed by atoms with van der Waals surface area (Å²) in [6.07, 6.45) is 1.36. The zero-order valence-corrected chi connectivity index (χ0v) is 17.2. The molecule has 0 atom stereocenters. The molecule has 25 heavy (non-hydrogen) atoms. The second-order valence-corrected chi connectivity index (χ2v) is 8.65. The second kappa shape index (κ2) is 8.83. The van der Waals surface area contributed by atoms with E-state index in [2.05, 4.69) is 51.3 Å². The van der Waals surface area contributed by atoms with Crippen LogP contribution in [0, 0.1) is 0 Å². The number of amides is 1. The Balaban J connectivity index is 1.55. The topological polar surface area (TPSA) is 34.4 Å². The fourth-order valence-electron chi connectivity index (χ4n) is 2.52. The third-order valence-corrected chi connectivity index (χ3v) is 6.64. The fourth-order valence-corrected chi connectivity index (χ4v) is 5.26. The van der Waals surface area contributed by atoms with Gasteiger partial charge in [-0.2, -0.15) is 16.8 Å². The highest BCUT2D eigenvalue weighted by molar-refractivity contribution is 9.10. The van der Waals surface area contributed by atoms with Crippen molar-refractivity contribution in [1.82, 2.24) is 4.57 Å². The highest BCUT2D eigenvalue weighted by Gasteiger charge is 2.07. The molecule has 3 rings (SSSR count). The molecule has 0 spiro atoms. The minimum absolute atomic E-state index is 0.0430. The number of halogens is 1. The predicted molar refractivity (Wildman–Crippen MR) is 111 cm³/mol. The van der Waals surface area contributed by atoms with Gasteiger partial charge in [0.05, 0.1) is 10.2 Å². The summed E-state index contributed by atoms with van der Waals surface area (Å²) in [5.74, 6) is 1.92. The smallest absolute Gasteiger partial charge is 0.248 e. The molecule has 0 radical (unpaired) electrons. The summed E-state index contributed by atoms with van der Waals surface area (Å²) in [4.78, 5) is 17.2. The minimum Gasteiger partial charge on any atom is -0.318 e. The third-order valence-electron chi connectivity index (χ3n) is 3.78. The molecule has 0 fully saturated rings. The summed E-state index contributed by atoms with van der Waals surface area (Å²) < 4.78 is 4.13. The van der Waals surface area contributed by atoms with Gasteiger partial charge in [0.25, 0.3) is 0 Å². The van der Waals surface area contributed by atoms with Crippen LogP contribution in [0.1, 0.15) is 18.4 Å². The maximum atomic E-state index is 12.2. The van der Waals surface area contributed by atoms with E-state index in [0.29, 0.717) is 6.42 Å². The molecule has 1 amide bonds. The normalized spacial score (nSPS) is 12.0. The molecule has 3 nitrogen and oxygen atoms in total. The lowest BCUT2D eigenvalue weighted by atomic mass is 10.2. The van der Waals surface area contributed by atoms with Crippen LogP contribution in [0.15, 0.2) is 58.0 Å². The lowest BCUT2D eigenvalue weighted by Crippen LogP contribution is -2.13. The third kappa shape index (κ3) is 4.84. The summed E-state index contributed by atoms with van der Waals surface area (Å²) in [6, 6.07) is 16.5. The van der Waals surface area contributed by atoms with Gasteiger partial charge in [-0.3, -0.25) is 4.79 Å². The summed E-state index contributed by atoms with van der Waals surface area (Å²) in [6.45, 7) is 0. The van der Waals surface area contributed by atoms with Crippen LogP contribution in [-0.4, -0.2) is 16.2 Å². The molecule has 0 unspecified atom stereocenters. The Morgan fingerprint density at radius 1 is 1.20 bits per heavy atom. The number of thiazole rings is 1. The molecule has 2 aromatic carbocycles. The first-order valence-corrected chi connectivity index (χ1v) is 10.8. The van der Waals surface area contributed by atoms with Gasteiger partial charge >= 0.3 is 0 Å². The second-order valence-electron chi connectivity index (χ2n) is 5.68. The van der Waals surface area contributed by atoms with Crippen LogP contribution >= 0.6 is 39.0 Å². The first kappa shape index (κ1) is 18.4. The Kier molecular flexibility index (Phi) is 6.51. The molecule has 1 heterocycles. The fraction of sp³-hybridized carbons (Fsp3) is 0.263. The average molecular weight is 435 g/mol. The number of nitrogens with zero attached hydrogens (tertiary/aromatic N) is 2. The summed E-state index contributed by atoms with van der Waals surface area (Å²) in [5, 5.41) is 0. The van der Waals surface area contributed by atoms with Gasteiger partial charge in [-0.15, -0.1) is 0 Å². The van der Waals surface area contributed by atoms with Gasteiger partial charge in [0.1, 0.15) is 0 Å². The van der Waals surface area contributed by atoms with Crippen molar-refractivity contribution in [2.45, 2.75) is 18.6 Å². The molecule has 0 N–H and O–H groups in total. The van der Waals surface area contributed by atoms with Crippen molar-refractivity contribution in [3.8, 4) is 0 Å². The highest BCUT2D eigenvalue weighted by atomic mass is 79.9. The number of aromatic nitrogens is 1. The zero-order chi connectivity index (χ0) is 17.6. The van der Waals surface area contributed by atoms with E-state index in [9.17, 15) is 4.79 Å². The molecule has 0 aliphatic carbocycles. The van der Waals surface area contributed by atoms with Gasteiger partial charge in [-0.05, 0) is 45.8 Å². The van der Waals surface area contributed by atoms with E-state index in [4.69, 9.17) is 0 Å². The number of carbonyl (C=O) groups is 1. The van der Waals surface area contributed by atoms with E-state index in [1.165, 1.54) is 5.56 Å². The van der Waals surface area contributed by atoms with Crippen LogP contribution in [-0.2, 0) is 17.6 Å². The van der Waals surface area contributed by atoms with Gasteiger partial charge in [0.15, 0.2) is 4.80 Å². The number of aryl methyl sites for hydroxylation is 1. The number of thioether (sulfide) groups is 1. The van der Waals surface area contributed by atoms with E-state index in [0.717, 1.165) is 37.4 Å². The first-order valence-electron chi connectivity index (χ1n) is 8.08. The quantitative estimate of drug-likeness (QED) is 0.503. The van der Waals surface area contributed by atoms with Crippen molar-refractivity contribution in [2.24, 2.45) is 12.0 Å². The highest BCUT2D eigenvalue weighted by Crippen LogP contribution is 2.24. The Morgan fingerprint density at radius 2 is 2.00 bits per heavy atom. The first-order chi connectivity index (χ1) is 12.1. The number of para-hydroxylation sites is 1. The largest absolute Gasteiger partial charge is 0.318 e. The lowest BCUT2D eigenvalue weighted by Gasteiger charge is -2.01. The van der Waals surface area contributed by atoms with Gasteiger partial charge in [0, 0.05) is 23.7 Å². The molecule has 0 saturated heterocycles. The maximum Gasteiger partial charge on any atom is 0.248 e. The van der Waals surface area contributed by atoms with Crippen LogP contribution < -0.4 is 4.80 Å². The van der Waals surface area contributed by atoms with Gasteiger partial charge in [-0.25, -0.2) is 0 Å². The predicted octanol–water partition coefficient (Wildman–Crippen LogP) is 5.14. The molecule has 0 saturated carbocycles. The van der Waals surface area contributed by atoms with Gasteiger partial charge in [0.2, 0.25) is 5.91 Å². The summed E-state index contributed by atoms with van der Waals surface area (Å²) >= 11 is 6.97. The van der Waals surface area contributed by atoms with Crippen LogP contribution in [0.2, 0.25) is 0 Å². The molecule has 0 aliphatic rings. The van der Waals surface area contributed by atoms with Crippen LogP contribution in [0.4, 0.5) is 0 Å². The molecular formula is C19H19BrN2OS2. The SMILES string of the molecule is Cn1c(=NC(=O)CCCSCc2ccccc2)sc2cccc(Br)c21. The Bertz CT molecular complexity index is 931. The molecule has 130 valence electrons. The molecule has 1 aromatic heterocycles. The molecule has 0 bridgehead atoms. The van der Waals surface area contributed by atoms with Crippen molar-refractivity contribution in [1.29, 1.82) is 0 Å². The monoisotopic (exact) mass is 434 g/mol. The van der Waals surface area contributed by atoms with E-state index < -0.39 is 0 Å². The van der Waals surface area contributed by atoms with E-state index in [1.54, 1.807) is 11.3 Å². The molecule has 0 aliphatic heterocycles. The number of fused-ring (bicyclic) bond motifs is 1. The lowest BCUT2D eigenvalue weighted by molar-refractivity contribution is -0.118. The Labute approximate surface area is 163 Å². The van der Waals surface area contributed by atoms with Crippen molar-refractivity contribution in [3.05, 3.63) is 63.4 Å². The van der Waals surface area contributed by atoms with Crippen molar-refractivity contribution >= 4 is 55.2 Å². The van der Waals surface area contributed by atoms with Gasteiger partial charge in [-0.1, -0.05) is 47.7 Å². The number of hydrogen-bond acceptors (Lipinski definition) is 3. The summed E-state index contributed by atoms with van der Waals surface area (Å²) in [7, 11) is 1.95. The summed E-state index contributed by atoms with van der Waals surface area (Å²) in [5.41, 5.74) is 2.41. The van der Waals surface area contributed by atoms with Crippen LogP contribution in [0.3, 0.4) is 0 Å². The zero-order valence-electron chi connectivity index (χ0n) is 13.9. The average Bonchev–Trinajstić information content (AvgIpc) is 2.92.